The predicted octanol–water partition coefficient (Wildman–Crippen LogP) is 5.73. The van der Waals surface area contributed by atoms with Crippen LogP contribution in [0.15, 0.2) is 29.6 Å². The number of hydrogen-bond acceptors (Lipinski definition) is 8. The van der Waals surface area contributed by atoms with Crippen molar-refractivity contribution in [1.82, 2.24) is 19.9 Å². The zero-order valence-electron chi connectivity index (χ0n) is 20.1. The summed E-state index contributed by atoms with van der Waals surface area (Å²) in [4.78, 5) is 28.3. The van der Waals surface area contributed by atoms with Crippen molar-refractivity contribution >= 4 is 51.3 Å². The minimum atomic E-state index is -0.314. The summed E-state index contributed by atoms with van der Waals surface area (Å²) >= 11 is 7.55. The molecule has 2 aromatic heterocycles. The lowest BCUT2D eigenvalue weighted by Gasteiger charge is -2.16. The summed E-state index contributed by atoms with van der Waals surface area (Å²) in [5.74, 6) is 1.72. The fourth-order valence-corrected chi connectivity index (χ4v) is 4.31. The quantitative estimate of drug-likeness (QED) is 0.272. The first-order valence-corrected chi connectivity index (χ1v) is 12.7. The van der Waals surface area contributed by atoms with Crippen molar-refractivity contribution < 1.29 is 4.79 Å². The monoisotopic (exact) mass is 501 g/mol. The number of aryl methyl sites for hydroxylation is 2. The summed E-state index contributed by atoms with van der Waals surface area (Å²) in [7, 11) is 2.16. The molecule has 2 heterocycles. The Morgan fingerprint density at radius 1 is 1.12 bits per heavy atom. The third kappa shape index (κ3) is 7.65. The van der Waals surface area contributed by atoms with Gasteiger partial charge in [-0.15, -0.1) is 11.3 Å². The van der Waals surface area contributed by atoms with Crippen LogP contribution in [0.3, 0.4) is 0 Å². The summed E-state index contributed by atoms with van der Waals surface area (Å²) in [6.45, 7) is 8.95. The molecular formula is C24H32ClN7OS. The van der Waals surface area contributed by atoms with Gasteiger partial charge in [0.1, 0.15) is 23.2 Å². The number of rotatable bonds is 12. The van der Waals surface area contributed by atoms with E-state index in [0.717, 1.165) is 37.4 Å². The van der Waals surface area contributed by atoms with Crippen LogP contribution in [0.2, 0.25) is 5.02 Å². The smallest absolute Gasteiger partial charge is 0.275 e. The van der Waals surface area contributed by atoms with E-state index in [1.807, 2.05) is 32.0 Å². The Bertz CT molecular complexity index is 1080. The fraction of sp³-hybridized carbons (Fsp3) is 0.417. The highest BCUT2D eigenvalue weighted by molar-refractivity contribution is 7.14. The van der Waals surface area contributed by atoms with Gasteiger partial charge in [-0.25, -0.2) is 15.0 Å². The Hall–Kier alpha value is -2.75. The molecule has 1 amide bonds. The number of nitrogens with one attached hydrogen (secondary N) is 3. The Labute approximate surface area is 210 Å². The number of halogens is 1. The summed E-state index contributed by atoms with van der Waals surface area (Å²) in [5.41, 5.74) is 1.79. The van der Waals surface area contributed by atoms with Gasteiger partial charge in [-0.3, -0.25) is 4.79 Å². The number of aromatic nitrogens is 3. The van der Waals surface area contributed by atoms with Gasteiger partial charge in [0.15, 0.2) is 5.13 Å². The van der Waals surface area contributed by atoms with Crippen LogP contribution in [0.1, 0.15) is 48.1 Å². The molecule has 0 aliphatic rings. The first kappa shape index (κ1) is 25.9. The van der Waals surface area contributed by atoms with Gasteiger partial charge in [0.2, 0.25) is 0 Å². The second-order valence-electron chi connectivity index (χ2n) is 8.17. The van der Waals surface area contributed by atoms with Gasteiger partial charge in [-0.05, 0) is 58.5 Å². The lowest BCUT2D eigenvalue weighted by atomic mass is 10.2. The molecule has 0 fully saturated rings. The molecular weight excluding hydrogens is 470 g/mol. The van der Waals surface area contributed by atoms with E-state index in [-0.39, 0.29) is 5.91 Å². The zero-order valence-corrected chi connectivity index (χ0v) is 21.7. The highest BCUT2D eigenvalue weighted by Gasteiger charge is 2.14. The number of hydrogen-bond donors (Lipinski definition) is 3. The van der Waals surface area contributed by atoms with E-state index in [2.05, 4.69) is 49.8 Å². The van der Waals surface area contributed by atoms with E-state index in [1.165, 1.54) is 24.2 Å². The van der Waals surface area contributed by atoms with Gasteiger partial charge in [0.25, 0.3) is 5.91 Å². The number of anilines is 4. The first-order chi connectivity index (χ1) is 16.4. The van der Waals surface area contributed by atoms with Crippen LogP contribution in [0.25, 0.3) is 0 Å². The Morgan fingerprint density at radius 2 is 1.88 bits per heavy atom. The van der Waals surface area contributed by atoms with Gasteiger partial charge in [-0.2, -0.15) is 0 Å². The number of benzene rings is 1. The maximum atomic E-state index is 12.7. The Balaban J connectivity index is 1.57. The molecule has 0 radical (unpaired) electrons. The summed E-state index contributed by atoms with van der Waals surface area (Å²) in [5, 5.41) is 12.2. The fourth-order valence-electron chi connectivity index (χ4n) is 3.34. The van der Waals surface area contributed by atoms with Crippen LogP contribution in [0, 0.1) is 13.8 Å². The SMILES string of the molecule is CCCCN(C)CCCNc1cc(Nc2nc(C(=O)Nc3c(C)cccc3Cl)cs2)nc(C)n1. The second kappa shape index (κ2) is 12.6. The van der Waals surface area contributed by atoms with Crippen LogP contribution in [-0.4, -0.2) is 52.4 Å². The lowest BCUT2D eigenvalue weighted by Crippen LogP contribution is -2.22. The molecule has 0 aliphatic carbocycles. The molecule has 10 heteroatoms. The molecule has 182 valence electrons. The predicted molar refractivity (Wildman–Crippen MR) is 142 cm³/mol. The van der Waals surface area contributed by atoms with Gasteiger partial charge in [-0.1, -0.05) is 37.1 Å². The van der Waals surface area contributed by atoms with Gasteiger partial charge in [0.05, 0.1) is 10.7 Å². The molecule has 3 N–H and O–H groups in total. The van der Waals surface area contributed by atoms with Crippen LogP contribution in [-0.2, 0) is 0 Å². The minimum absolute atomic E-state index is 0.308. The largest absolute Gasteiger partial charge is 0.370 e. The van der Waals surface area contributed by atoms with Crippen molar-refractivity contribution in [3.05, 3.63) is 51.7 Å². The molecule has 1 aromatic carbocycles. The number of carbonyl (C=O) groups is 1. The molecule has 3 aromatic rings. The number of nitrogens with zero attached hydrogens (tertiary/aromatic N) is 4. The van der Waals surface area contributed by atoms with Crippen molar-refractivity contribution in [2.75, 3.05) is 42.6 Å². The molecule has 3 rings (SSSR count). The van der Waals surface area contributed by atoms with E-state index in [0.29, 0.717) is 33.2 Å². The molecule has 0 spiro atoms. The molecule has 8 nitrogen and oxygen atoms in total. The number of unbranched alkanes of at least 4 members (excludes halogenated alkanes) is 1. The van der Waals surface area contributed by atoms with Crippen molar-refractivity contribution in [3.8, 4) is 0 Å². The lowest BCUT2D eigenvalue weighted by molar-refractivity contribution is 0.102. The standard InChI is InChI=1S/C24H32ClN7OS/c1-5-6-12-32(4)13-8-11-26-20-14-21(28-17(3)27-20)30-24-29-19(15-34-24)23(33)31-22-16(2)9-7-10-18(22)25/h7,9-10,14-15H,5-6,8,11-13H2,1-4H3,(H,31,33)(H2,26,27,28,29,30). The normalized spacial score (nSPS) is 11.0. The highest BCUT2D eigenvalue weighted by Crippen LogP contribution is 2.27. The van der Waals surface area contributed by atoms with E-state index in [4.69, 9.17) is 11.6 Å². The average Bonchev–Trinajstić information content (AvgIpc) is 3.26. The van der Waals surface area contributed by atoms with Gasteiger partial charge >= 0.3 is 0 Å². The van der Waals surface area contributed by atoms with Crippen molar-refractivity contribution in [3.63, 3.8) is 0 Å². The molecule has 0 atom stereocenters. The van der Waals surface area contributed by atoms with Crippen molar-refractivity contribution in [2.45, 2.75) is 40.0 Å². The molecule has 0 saturated carbocycles. The molecule has 0 bridgehead atoms. The third-order valence-electron chi connectivity index (χ3n) is 5.19. The number of thiazole rings is 1. The second-order valence-corrected chi connectivity index (χ2v) is 9.44. The van der Waals surface area contributed by atoms with Crippen LogP contribution >= 0.6 is 22.9 Å². The van der Waals surface area contributed by atoms with E-state index in [1.54, 1.807) is 11.4 Å². The molecule has 34 heavy (non-hydrogen) atoms. The van der Waals surface area contributed by atoms with Crippen LogP contribution in [0.5, 0.6) is 0 Å². The zero-order chi connectivity index (χ0) is 24.5. The van der Waals surface area contributed by atoms with Crippen LogP contribution in [0.4, 0.5) is 22.5 Å². The minimum Gasteiger partial charge on any atom is -0.370 e. The highest BCUT2D eigenvalue weighted by atomic mass is 35.5. The number of para-hydroxylation sites is 1. The Morgan fingerprint density at radius 3 is 2.65 bits per heavy atom. The topological polar surface area (TPSA) is 95.1 Å². The number of carbonyl (C=O) groups excluding carboxylic acids is 1. The Kier molecular flexibility index (Phi) is 9.62. The number of amides is 1. The molecule has 0 saturated heterocycles. The van der Waals surface area contributed by atoms with Gasteiger partial charge in [0, 0.05) is 18.0 Å². The van der Waals surface area contributed by atoms with E-state index in [9.17, 15) is 4.79 Å². The summed E-state index contributed by atoms with van der Waals surface area (Å²) in [6, 6.07) is 7.33. The maximum Gasteiger partial charge on any atom is 0.275 e. The van der Waals surface area contributed by atoms with E-state index >= 15 is 0 Å². The summed E-state index contributed by atoms with van der Waals surface area (Å²) in [6.07, 6.45) is 3.47. The summed E-state index contributed by atoms with van der Waals surface area (Å²) < 4.78 is 0. The van der Waals surface area contributed by atoms with E-state index < -0.39 is 0 Å². The molecule has 0 aliphatic heterocycles. The first-order valence-electron chi connectivity index (χ1n) is 11.4. The molecule has 0 unspecified atom stereocenters. The van der Waals surface area contributed by atoms with Crippen molar-refractivity contribution in [1.29, 1.82) is 0 Å². The van der Waals surface area contributed by atoms with Crippen molar-refractivity contribution in [2.24, 2.45) is 0 Å². The van der Waals surface area contributed by atoms with Crippen LogP contribution < -0.4 is 16.0 Å². The maximum absolute atomic E-state index is 12.7. The average molecular weight is 502 g/mol. The van der Waals surface area contributed by atoms with Gasteiger partial charge < -0.3 is 20.9 Å². The third-order valence-corrected chi connectivity index (χ3v) is 6.26.